The van der Waals surface area contributed by atoms with Crippen molar-refractivity contribution in [2.75, 3.05) is 6.61 Å². The average Bonchev–Trinajstić information content (AvgIpc) is 3.30. The summed E-state index contributed by atoms with van der Waals surface area (Å²) in [5.41, 5.74) is 6.51. The number of hydrogen-bond donors (Lipinski definition) is 0. The van der Waals surface area contributed by atoms with Gasteiger partial charge in [-0.3, -0.25) is 0 Å². The molecule has 3 aromatic carbocycles. The van der Waals surface area contributed by atoms with E-state index in [1.807, 2.05) is 0 Å². The summed E-state index contributed by atoms with van der Waals surface area (Å²) in [6, 6.07) is 28.6. The SMILES string of the molecule is CC(C)(C)c1cc(C2=NC(C(C)(Cc3ccccc3)Cc3ccccc3)CO2)cc(C(C)(C)C)c1. The maximum atomic E-state index is 6.36. The summed E-state index contributed by atoms with van der Waals surface area (Å²) in [7, 11) is 0. The molecule has 2 nitrogen and oxygen atoms in total. The lowest BCUT2D eigenvalue weighted by molar-refractivity contribution is 0.197. The smallest absolute Gasteiger partial charge is 0.216 e. The Morgan fingerprint density at radius 1 is 0.686 bits per heavy atom. The summed E-state index contributed by atoms with van der Waals surface area (Å²) >= 11 is 0. The van der Waals surface area contributed by atoms with Gasteiger partial charge in [0, 0.05) is 11.0 Å². The monoisotopic (exact) mass is 467 g/mol. The van der Waals surface area contributed by atoms with Gasteiger partial charge in [0.2, 0.25) is 5.90 Å². The third kappa shape index (κ3) is 6.04. The minimum absolute atomic E-state index is 0.0566. The van der Waals surface area contributed by atoms with Crippen LogP contribution in [0.15, 0.2) is 83.9 Å². The zero-order chi connectivity index (χ0) is 25.3. The maximum absolute atomic E-state index is 6.36. The Labute approximate surface area is 212 Å². The molecule has 1 aliphatic rings. The molecule has 0 N–H and O–H groups in total. The molecule has 0 amide bonds. The fourth-order valence-corrected chi connectivity index (χ4v) is 4.93. The van der Waals surface area contributed by atoms with Crippen molar-refractivity contribution in [2.45, 2.75) is 78.2 Å². The topological polar surface area (TPSA) is 21.6 Å². The first-order valence-electron chi connectivity index (χ1n) is 12.9. The van der Waals surface area contributed by atoms with Crippen LogP contribution in [0.4, 0.5) is 0 Å². The van der Waals surface area contributed by atoms with Gasteiger partial charge in [0.15, 0.2) is 0 Å². The van der Waals surface area contributed by atoms with Crippen molar-refractivity contribution in [1.82, 2.24) is 0 Å². The second kappa shape index (κ2) is 9.64. The third-order valence-electron chi connectivity index (χ3n) is 7.27. The van der Waals surface area contributed by atoms with E-state index < -0.39 is 0 Å². The molecule has 0 fully saturated rings. The minimum atomic E-state index is -0.0566. The van der Waals surface area contributed by atoms with Crippen molar-refractivity contribution in [1.29, 1.82) is 0 Å². The Morgan fingerprint density at radius 2 is 1.14 bits per heavy atom. The normalized spacial score (nSPS) is 16.7. The van der Waals surface area contributed by atoms with E-state index in [2.05, 4.69) is 127 Å². The fraction of sp³-hybridized carbons (Fsp3) is 0.424. The van der Waals surface area contributed by atoms with Crippen LogP contribution >= 0.6 is 0 Å². The molecule has 1 unspecified atom stereocenters. The van der Waals surface area contributed by atoms with Gasteiger partial charge in [0.05, 0.1) is 6.04 Å². The van der Waals surface area contributed by atoms with Crippen molar-refractivity contribution in [3.8, 4) is 0 Å². The molecule has 1 heterocycles. The fourth-order valence-electron chi connectivity index (χ4n) is 4.93. The quantitative estimate of drug-likeness (QED) is 0.361. The van der Waals surface area contributed by atoms with Crippen molar-refractivity contribution in [3.05, 3.63) is 107 Å². The molecule has 1 atom stereocenters. The van der Waals surface area contributed by atoms with Crippen LogP contribution in [0, 0.1) is 5.41 Å². The van der Waals surface area contributed by atoms with E-state index in [0.29, 0.717) is 6.61 Å². The number of aliphatic imine (C=N–C) groups is 1. The molecule has 2 heteroatoms. The summed E-state index contributed by atoms with van der Waals surface area (Å²) in [5.74, 6) is 0.791. The molecule has 1 aliphatic heterocycles. The zero-order valence-electron chi connectivity index (χ0n) is 22.6. The lowest BCUT2D eigenvalue weighted by Crippen LogP contribution is -2.36. The Morgan fingerprint density at radius 3 is 1.57 bits per heavy atom. The summed E-state index contributed by atoms with van der Waals surface area (Å²) < 4.78 is 6.36. The Balaban J connectivity index is 1.72. The molecule has 0 spiro atoms. The number of nitrogens with zero attached hydrogens (tertiary/aromatic N) is 1. The second-order valence-corrected chi connectivity index (χ2v) is 12.5. The molecule has 0 aliphatic carbocycles. The van der Waals surface area contributed by atoms with E-state index in [-0.39, 0.29) is 22.3 Å². The molecule has 184 valence electrons. The molecule has 35 heavy (non-hydrogen) atoms. The van der Waals surface area contributed by atoms with Gasteiger partial charge >= 0.3 is 0 Å². The first-order chi connectivity index (χ1) is 16.4. The van der Waals surface area contributed by atoms with Crippen LogP contribution in [0.2, 0.25) is 0 Å². The lowest BCUT2D eigenvalue weighted by atomic mass is 9.73. The van der Waals surface area contributed by atoms with Crippen LogP contribution in [0.5, 0.6) is 0 Å². The predicted octanol–water partition coefficient (Wildman–Crippen LogP) is 7.92. The summed E-state index contributed by atoms with van der Waals surface area (Å²) in [4.78, 5) is 5.26. The largest absolute Gasteiger partial charge is 0.475 e. The third-order valence-corrected chi connectivity index (χ3v) is 7.27. The van der Waals surface area contributed by atoms with Crippen molar-refractivity contribution >= 4 is 5.90 Å². The van der Waals surface area contributed by atoms with Gasteiger partial charge in [-0.1, -0.05) is 115 Å². The Kier molecular flexibility index (Phi) is 6.95. The first kappa shape index (κ1) is 25.2. The highest BCUT2D eigenvalue weighted by Crippen LogP contribution is 2.37. The van der Waals surface area contributed by atoms with Crippen LogP contribution in [0.1, 0.15) is 76.3 Å². The van der Waals surface area contributed by atoms with E-state index >= 15 is 0 Å². The summed E-state index contributed by atoms with van der Waals surface area (Å²) in [6.07, 6.45) is 1.92. The molecule has 0 bridgehead atoms. The highest BCUT2D eigenvalue weighted by molar-refractivity contribution is 5.95. The van der Waals surface area contributed by atoms with Gasteiger partial charge in [0.1, 0.15) is 6.61 Å². The second-order valence-electron chi connectivity index (χ2n) is 12.5. The van der Waals surface area contributed by atoms with E-state index in [9.17, 15) is 0 Å². The minimum Gasteiger partial charge on any atom is -0.475 e. The van der Waals surface area contributed by atoms with Crippen molar-refractivity contribution < 1.29 is 4.74 Å². The van der Waals surface area contributed by atoms with Gasteiger partial charge in [-0.2, -0.15) is 0 Å². The molecule has 0 radical (unpaired) electrons. The van der Waals surface area contributed by atoms with Gasteiger partial charge in [0.25, 0.3) is 0 Å². The maximum Gasteiger partial charge on any atom is 0.216 e. The number of benzene rings is 3. The van der Waals surface area contributed by atoms with Gasteiger partial charge < -0.3 is 4.74 Å². The van der Waals surface area contributed by atoms with E-state index in [1.54, 1.807) is 0 Å². The van der Waals surface area contributed by atoms with Crippen molar-refractivity contribution in [3.63, 3.8) is 0 Å². The Bertz CT molecular complexity index is 1090. The molecular weight excluding hydrogens is 426 g/mol. The molecule has 3 aromatic rings. The summed E-state index contributed by atoms with van der Waals surface area (Å²) in [5, 5.41) is 0. The molecule has 4 rings (SSSR count). The molecule has 0 saturated heterocycles. The van der Waals surface area contributed by atoms with Crippen LogP contribution in [0.25, 0.3) is 0 Å². The van der Waals surface area contributed by atoms with Gasteiger partial charge in [-0.15, -0.1) is 0 Å². The van der Waals surface area contributed by atoms with Crippen LogP contribution in [-0.4, -0.2) is 18.5 Å². The number of ether oxygens (including phenoxy) is 1. The predicted molar refractivity (Wildman–Crippen MR) is 149 cm³/mol. The van der Waals surface area contributed by atoms with E-state index in [4.69, 9.17) is 9.73 Å². The molecule has 0 aromatic heterocycles. The number of rotatable bonds is 6. The molecule has 0 saturated carbocycles. The highest BCUT2D eigenvalue weighted by Gasteiger charge is 2.39. The first-order valence-corrected chi connectivity index (χ1v) is 12.9. The van der Waals surface area contributed by atoms with Crippen LogP contribution < -0.4 is 0 Å². The van der Waals surface area contributed by atoms with E-state index in [0.717, 1.165) is 24.3 Å². The molecular formula is C33H41NO. The Hall–Kier alpha value is -2.87. The zero-order valence-corrected chi connectivity index (χ0v) is 22.6. The van der Waals surface area contributed by atoms with E-state index in [1.165, 1.54) is 22.3 Å². The van der Waals surface area contributed by atoms with Gasteiger partial charge in [-0.05, 0) is 58.1 Å². The van der Waals surface area contributed by atoms with Gasteiger partial charge in [-0.25, -0.2) is 4.99 Å². The number of hydrogen-bond acceptors (Lipinski definition) is 2. The average molecular weight is 468 g/mol. The van der Waals surface area contributed by atoms with Crippen LogP contribution in [-0.2, 0) is 28.4 Å². The lowest BCUT2D eigenvalue weighted by Gasteiger charge is -2.33. The highest BCUT2D eigenvalue weighted by atomic mass is 16.5. The summed E-state index contributed by atoms with van der Waals surface area (Å²) in [6.45, 7) is 16.6. The van der Waals surface area contributed by atoms with Crippen LogP contribution in [0.3, 0.4) is 0 Å². The standard InChI is InChI=1S/C33H41NO/c1-31(2,3)27-18-26(19-28(20-27)32(4,5)6)30-34-29(23-35-30)33(7,21-24-14-10-8-11-15-24)22-25-16-12-9-13-17-25/h8-20,29H,21-23H2,1-7H3. The van der Waals surface area contributed by atoms with Crippen molar-refractivity contribution in [2.24, 2.45) is 10.4 Å².